The summed E-state index contributed by atoms with van der Waals surface area (Å²) in [6.07, 6.45) is 3.63. The molecular formula is C14H15NO3. The van der Waals surface area contributed by atoms with Crippen LogP contribution in [0.15, 0.2) is 36.7 Å². The molecule has 0 unspecified atom stereocenters. The largest absolute Gasteiger partial charge is 0.493 e. The van der Waals surface area contributed by atoms with E-state index in [2.05, 4.69) is 0 Å². The first-order chi connectivity index (χ1) is 8.65. The molecule has 2 aromatic rings. The third kappa shape index (κ3) is 2.22. The highest BCUT2D eigenvalue weighted by atomic mass is 16.5. The Balaban J connectivity index is 2.36. The van der Waals surface area contributed by atoms with Crippen molar-refractivity contribution in [1.29, 1.82) is 0 Å². The van der Waals surface area contributed by atoms with E-state index in [9.17, 15) is 4.79 Å². The van der Waals surface area contributed by atoms with Gasteiger partial charge in [-0.25, -0.2) is 0 Å². The van der Waals surface area contributed by atoms with Gasteiger partial charge in [0.1, 0.15) is 0 Å². The number of benzene rings is 1. The standard InChI is InChI=1S/C14H15NO3/c1-15-7-6-11(9-15)14(16)10-4-5-12(17-2)13(8-10)18-3/h4-9H,1-3H3. The van der Waals surface area contributed by atoms with Gasteiger partial charge in [0.05, 0.1) is 14.2 Å². The predicted octanol–water partition coefficient (Wildman–Crippen LogP) is 2.27. The van der Waals surface area contributed by atoms with Crippen LogP contribution in [0.2, 0.25) is 0 Å². The molecule has 0 saturated heterocycles. The Morgan fingerprint density at radius 1 is 1.06 bits per heavy atom. The van der Waals surface area contributed by atoms with Crippen molar-refractivity contribution in [3.05, 3.63) is 47.8 Å². The van der Waals surface area contributed by atoms with Crippen LogP contribution in [0.5, 0.6) is 11.5 Å². The number of hydrogen-bond acceptors (Lipinski definition) is 3. The average Bonchev–Trinajstić information content (AvgIpc) is 2.83. The van der Waals surface area contributed by atoms with Crippen LogP contribution in [-0.2, 0) is 7.05 Å². The van der Waals surface area contributed by atoms with Crippen molar-refractivity contribution in [3.8, 4) is 11.5 Å². The maximum Gasteiger partial charge on any atom is 0.194 e. The zero-order valence-electron chi connectivity index (χ0n) is 10.6. The zero-order chi connectivity index (χ0) is 13.1. The van der Waals surface area contributed by atoms with Crippen LogP contribution in [0.1, 0.15) is 15.9 Å². The Hall–Kier alpha value is -2.23. The Kier molecular flexibility index (Phi) is 3.37. The molecular weight excluding hydrogens is 230 g/mol. The number of rotatable bonds is 4. The van der Waals surface area contributed by atoms with Crippen LogP contribution in [0, 0.1) is 0 Å². The van der Waals surface area contributed by atoms with Crippen LogP contribution >= 0.6 is 0 Å². The van der Waals surface area contributed by atoms with E-state index in [4.69, 9.17) is 9.47 Å². The fourth-order valence-electron chi connectivity index (χ4n) is 1.78. The van der Waals surface area contributed by atoms with E-state index in [0.717, 1.165) is 0 Å². The van der Waals surface area contributed by atoms with Crippen LogP contribution in [-0.4, -0.2) is 24.6 Å². The Bertz CT molecular complexity index is 572. The van der Waals surface area contributed by atoms with E-state index in [1.807, 2.05) is 17.8 Å². The van der Waals surface area contributed by atoms with E-state index in [0.29, 0.717) is 22.6 Å². The number of aryl methyl sites for hydroxylation is 1. The number of hydrogen-bond donors (Lipinski definition) is 0. The van der Waals surface area contributed by atoms with E-state index in [1.54, 1.807) is 44.7 Å². The predicted molar refractivity (Wildman–Crippen MR) is 68.4 cm³/mol. The van der Waals surface area contributed by atoms with Gasteiger partial charge in [-0.2, -0.15) is 0 Å². The molecule has 1 aromatic carbocycles. The van der Waals surface area contributed by atoms with Crippen molar-refractivity contribution < 1.29 is 14.3 Å². The molecule has 1 aromatic heterocycles. The monoisotopic (exact) mass is 245 g/mol. The maximum atomic E-state index is 12.2. The zero-order valence-corrected chi connectivity index (χ0v) is 10.6. The molecule has 94 valence electrons. The van der Waals surface area contributed by atoms with Gasteiger partial charge in [0.15, 0.2) is 17.3 Å². The molecule has 18 heavy (non-hydrogen) atoms. The first-order valence-corrected chi connectivity index (χ1v) is 5.54. The van der Waals surface area contributed by atoms with Crippen molar-refractivity contribution in [2.75, 3.05) is 14.2 Å². The topological polar surface area (TPSA) is 40.5 Å². The van der Waals surface area contributed by atoms with Gasteiger partial charge in [-0.15, -0.1) is 0 Å². The van der Waals surface area contributed by atoms with Crippen LogP contribution in [0.3, 0.4) is 0 Å². The minimum Gasteiger partial charge on any atom is -0.493 e. The van der Waals surface area contributed by atoms with Crippen molar-refractivity contribution in [3.63, 3.8) is 0 Å². The first-order valence-electron chi connectivity index (χ1n) is 5.54. The summed E-state index contributed by atoms with van der Waals surface area (Å²) in [5, 5.41) is 0. The van der Waals surface area contributed by atoms with Crippen molar-refractivity contribution in [1.82, 2.24) is 4.57 Å². The number of ketones is 1. The highest BCUT2D eigenvalue weighted by Crippen LogP contribution is 2.28. The second-order valence-electron chi connectivity index (χ2n) is 3.96. The molecule has 0 N–H and O–H groups in total. The molecule has 4 heteroatoms. The fraction of sp³-hybridized carbons (Fsp3) is 0.214. The summed E-state index contributed by atoms with van der Waals surface area (Å²) >= 11 is 0. The minimum atomic E-state index is -0.0310. The lowest BCUT2D eigenvalue weighted by molar-refractivity contribution is 0.103. The van der Waals surface area contributed by atoms with Gasteiger partial charge in [0.25, 0.3) is 0 Å². The molecule has 0 fully saturated rings. The summed E-state index contributed by atoms with van der Waals surface area (Å²) in [4.78, 5) is 12.2. The average molecular weight is 245 g/mol. The van der Waals surface area contributed by atoms with Gasteiger partial charge < -0.3 is 14.0 Å². The van der Waals surface area contributed by atoms with E-state index >= 15 is 0 Å². The molecule has 0 aliphatic rings. The highest BCUT2D eigenvalue weighted by molar-refractivity contribution is 6.09. The number of ether oxygens (including phenoxy) is 2. The molecule has 0 amide bonds. The molecule has 0 spiro atoms. The molecule has 2 rings (SSSR count). The highest BCUT2D eigenvalue weighted by Gasteiger charge is 2.13. The van der Waals surface area contributed by atoms with Gasteiger partial charge in [-0.3, -0.25) is 4.79 Å². The number of aromatic nitrogens is 1. The summed E-state index contributed by atoms with van der Waals surface area (Å²) in [5.41, 5.74) is 1.24. The number of carbonyl (C=O) groups is 1. The smallest absolute Gasteiger partial charge is 0.194 e. The van der Waals surface area contributed by atoms with Crippen LogP contribution in [0.4, 0.5) is 0 Å². The van der Waals surface area contributed by atoms with Gasteiger partial charge in [0.2, 0.25) is 0 Å². The Labute approximate surface area is 106 Å². The van der Waals surface area contributed by atoms with Crippen molar-refractivity contribution in [2.45, 2.75) is 0 Å². The Morgan fingerprint density at radius 3 is 2.33 bits per heavy atom. The summed E-state index contributed by atoms with van der Waals surface area (Å²) in [6.45, 7) is 0. The lowest BCUT2D eigenvalue weighted by Crippen LogP contribution is -2.01. The second kappa shape index (κ2) is 4.96. The molecule has 0 radical (unpaired) electrons. The molecule has 4 nitrogen and oxygen atoms in total. The molecule has 0 atom stereocenters. The minimum absolute atomic E-state index is 0.0310. The van der Waals surface area contributed by atoms with Crippen LogP contribution < -0.4 is 9.47 Å². The van der Waals surface area contributed by atoms with E-state index in [-0.39, 0.29) is 5.78 Å². The van der Waals surface area contributed by atoms with Gasteiger partial charge in [-0.05, 0) is 24.3 Å². The lowest BCUT2D eigenvalue weighted by atomic mass is 10.1. The van der Waals surface area contributed by atoms with Crippen molar-refractivity contribution in [2.24, 2.45) is 7.05 Å². The van der Waals surface area contributed by atoms with Crippen LogP contribution in [0.25, 0.3) is 0 Å². The lowest BCUT2D eigenvalue weighted by Gasteiger charge is -2.08. The summed E-state index contributed by atoms with van der Waals surface area (Å²) < 4.78 is 12.2. The molecule has 0 bridgehead atoms. The normalized spacial score (nSPS) is 10.2. The quantitative estimate of drug-likeness (QED) is 0.776. The summed E-state index contributed by atoms with van der Waals surface area (Å²) in [6, 6.07) is 6.94. The van der Waals surface area contributed by atoms with E-state index in [1.165, 1.54) is 0 Å². The molecule has 1 heterocycles. The fourth-order valence-corrected chi connectivity index (χ4v) is 1.78. The third-order valence-electron chi connectivity index (χ3n) is 2.74. The second-order valence-corrected chi connectivity index (χ2v) is 3.96. The summed E-state index contributed by atoms with van der Waals surface area (Å²) in [5.74, 6) is 1.14. The number of carbonyl (C=O) groups excluding carboxylic acids is 1. The van der Waals surface area contributed by atoms with Gasteiger partial charge >= 0.3 is 0 Å². The SMILES string of the molecule is COc1ccc(C(=O)c2ccn(C)c2)cc1OC. The van der Waals surface area contributed by atoms with Crippen molar-refractivity contribution >= 4 is 5.78 Å². The first kappa shape index (κ1) is 12.2. The molecule has 0 aliphatic heterocycles. The molecule has 0 saturated carbocycles. The van der Waals surface area contributed by atoms with E-state index < -0.39 is 0 Å². The number of methoxy groups -OCH3 is 2. The third-order valence-corrected chi connectivity index (χ3v) is 2.74. The molecule has 0 aliphatic carbocycles. The summed E-state index contributed by atoms with van der Waals surface area (Å²) in [7, 11) is 5.00. The van der Waals surface area contributed by atoms with Gasteiger partial charge in [-0.1, -0.05) is 0 Å². The Morgan fingerprint density at radius 2 is 1.78 bits per heavy atom. The maximum absolute atomic E-state index is 12.2. The van der Waals surface area contributed by atoms with Gasteiger partial charge in [0, 0.05) is 30.6 Å². The number of nitrogens with zero attached hydrogens (tertiary/aromatic N) is 1.